The van der Waals surface area contributed by atoms with Gasteiger partial charge < -0.3 is 0 Å². The molecule has 14 heavy (non-hydrogen) atoms. The molecule has 0 saturated heterocycles. The highest BCUT2D eigenvalue weighted by Gasteiger charge is 2.40. The fraction of sp³-hybridized carbons (Fsp3) is 0.250. The lowest BCUT2D eigenvalue weighted by molar-refractivity contribution is -0.112. The van der Waals surface area contributed by atoms with Crippen molar-refractivity contribution in [2.75, 3.05) is 0 Å². The molecule has 0 spiro atoms. The molecule has 1 saturated carbocycles. The first-order valence-electron chi connectivity index (χ1n) is 4.53. The summed E-state index contributed by atoms with van der Waals surface area (Å²) in [5, 5.41) is -0.252. The molecule has 70 valence electrons. The maximum Gasteiger partial charge on any atom is 0.226 e. The second kappa shape index (κ2) is 3.86. The Morgan fingerprint density at radius 2 is 2.07 bits per heavy atom. The smallest absolute Gasteiger partial charge is 0.226 e. The lowest BCUT2D eigenvalue weighted by Gasteiger charge is -1.86. The van der Waals surface area contributed by atoms with Crippen LogP contribution in [0, 0.1) is 23.7 Å². The summed E-state index contributed by atoms with van der Waals surface area (Å²) in [6.07, 6.45) is 0.822. The number of carbonyl (C=O) groups excluding carboxylic acids is 1. The van der Waals surface area contributed by atoms with Crippen LogP contribution in [0.1, 0.15) is 12.0 Å². The van der Waals surface area contributed by atoms with E-state index in [9.17, 15) is 4.79 Å². The van der Waals surface area contributed by atoms with E-state index < -0.39 is 0 Å². The standard InChI is InChI=1S/C12H9ClO/c13-12(14)11-8-10(11)7-6-9-4-2-1-3-5-9/h1-5,10-11H,8H2. The molecule has 2 unspecified atom stereocenters. The SMILES string of the molecule is O=C(Cl)C1CC1C#Cc1ccccc1. The van der Waals surface area contributed by atoms with Gasteiger partial charge in [0.1, 0.15) is 0 Å². The Hall–Kier alpha value is -1.26. The quantitative estimate of drug-likeness (QED) is 0.507. The van der Waals surface area contributed by atoms with Crippen LogP contribution >= 0.6 is 11.6 Å². The summed E-state index contributed by atoms with van der Waals surface area (Å²) in [5.41, 5.74) is 0.986. The van der Waals surface area contributed by atoms with Crippen molar-refractivity contribution in [1.29, 1.82) is 0 Å². The van der Waals surface area contributed by atoms with Crippen LogP contribution < -0.4 is 0 Å². The van der Waals surface area contributed by atoms with Crippen LogP contribution in [0.25, 0.3) is 0 Å². The predicted octanol–water partition coefficient (Wildman–Crippen LogP) is 2.44. The first kappa shape index (κ1) is 9.30. The summed E-state index contributed by atoms with van der Waals surface area (Å²) in [4.78, 5) is 10.7. The summed E-state index contributed by atoms with van der Waals surface area (Å²) < 4.78 is 0. The van der Waals surface area contributed by atoms with Crippen molar-refractivity contribution in [3.63, 3.8) is 0 Å². The summed E-state index contributed by atoms with van der Waals surface area (Å²) in [7, 11) is 0. The Kier molecular flexibility index (Phi) is 2.56. The lowest BCUT2D eigenvalue weighted by Crippen LogP contribution is -1.89. The van der Waals surface area contributed by atoms with Crippen LogP contribution in [-0.2, 0) is 4.79 Å². The van der Waals surface area contributed by atoms with Crippen molar-refractivity contribution in [2.45, 2.75) is 6.42 Å². The minimum atomic E-state index is -0.252. The molecule has 2 rings (SSSR count). The minimum Gasteiger partial charge on any atom is -0.281 e. The average molecular weight is 205 g/mol. The Labute approximate surface area is 88.1 Å². The molecule has 0 heterocycles. The maximum absolute atomic E-state index is 10.7. The van der Waals surface area contributed by atoms with Crippen LogP contribution in [0.15, 0.2) is 30.3 Å². The first-order chi connectivity index (χ1) is 6.77. The second-order valence-corrected chi connectivity index (χ2v) is 3.76. The predicted molar refractivity (Wildman–Crippen MR) is 55.8 cm³/mol. The van der Waals surface area contributed by atoms with E-state index in [4.69, 9.17) is 11.6 Å². The van der Waals surface area contributed by atoms with Gasteiger partial charge in [-0.3, -0.25) is 4.79 Å². The molecular formula is C12H9ClO. The molecule has 1 aromatic rings. The van der Waals surface area contributed by atoms with Crippen molar-refractivity contribution >= 4 is 16.8 Å². The highest BCUT2D eigenvalue weighted by atomic mass is 35.5. The first-order valence-corrected chi connectivity index (χ1v) is 4.91. The molecule has 1 nitrogen and oxygen atoms in total. The van der Waals surface area contributed by atoms with E-state index in [2.05, 4.69) is 11.8 Å². The molecule has 0 aromatic heterocycles. The molecule has 0 radical (unpaired) electrons. The average Bonchev–Trinajstić information content (AvgIpc) is 2.96. The topological polar surface area (TPSA) is 17.1 Å². The molecule has 1 aromatic carbocycles. The van der Waals surface area contributed by atoms with Crippen LogP contribution in [-0.4, -0.2) is 5.24 Å². The molecule has 0 N–H and O–H groups in total. The number of hydrogen-bond acceptors (Lipinski definition) is 1. The molecular weight excluding hydrogens is 196 g/mol. The van der Waals surface area contributed by atoms with Gasteiger partial charge in [-0.2, -0.15) is 0 Å². The van der Waals surface area contributed by atoms with E-state index in [0.717, 1.165) is 12.0 Å². The Morgan fingerprint density at radius 1 is 1.36 bits per heavy atom. The van der Waals surface area contributed by atoms with Crippen LogP contribution in [0.5, 0.6) is 0 Å². The molecule has 0 amide bonds. The summed E-state index contributed by atoms with van der Waals surface area (Å²) >= 11 is 5.34. The number of carbonyl (C=O) groups is 1. The summed E-state index contributed by atoms with van der Waals surface area (Å²) in [5.74, 6) is 6.24. The van der Waals surface area contributed by atoms with Crippen molar-refractivity contribution < 1.29 is 4.79 Å². The van der Waals surface area contributed by atoms with E-state index in [1.807, 2.05) is 30.3 Å². The number of hydrogen-bond donors (Lipinski definition) is 0. The summed E-state index contributed by atoms with van der Waals surface area (Å²) in [6.45, 7) is 0. The van der Waals surface area contributed by atoms with Crippen molar-refractivity contribution in [3.05, 3.63) is 35.9 Å². The third kappa shape index (κ3) is 2.16. The van der Waals surface area contributed by atoms with Gasteiger partial charge in [0, 0.05) is 17.4 Å². The van der Waals surface area contributed by atoms with Crippen LogP contribution in [0.3, 0.4) is 0 Å². The second-order valence-electron chi connectivity index (χ2n) is 3.39. The van der Waals surface area contributed by atoms with Gasteiger partial charge in [0.25, 0.3) is 0 Å². The number of halogens is 1. The van der Waals surface area contributed by atoms with Gasteiger partial charge in [-0.25, -0.2) is 0 Å². The van der Waals surface area contributed by atoms with Gasteiger partial charge >= 0.3 is 0 Å². The van der Waals surface area contributed by atoms with E-state index >= 15 is 0 Å². The molecule has 0 aliphatic heterocycles. The van der Waals surface area contributed by atoms with Gasteiger partial charge in [0.15, 0.2) is 0 Å². The highest BCUT2D eigenvalue weighted by molar-refractivity contribution is 6.64. The van der Waals surface area contributed by atoms with E-state index in [1.165, 1.54) is 0 Å². The summed E-state index contributed by atoms with van der Waals surface area (Å²) in [6, 6.07) is 9.75. The molecule has 1 aliphatic rings. The van der Waals surface area contributed by atoms with Crippen molar-refractivity contribution in [1.82, 2.24) is 0 Å². The van der Waals surface area contributed by atoms with Gasteiger partial charge in [-0.15, -0.1) is 0 Å². The molecule has 2 atom stereocenters. The zero-order valence-corrected chi connectivity index (χ0v) is 8.29. The number of benzene rings is 1. The van der Waals surface area contributed by atoms with Crippen LogP contribution in [0.2, 0.25) is 0 Å². The van der Waals surface area contributed by atoms with E-state index in [0.29, 0.717) is 0 Å². The monoisotopic (exact) mass is 204 g/mol. The van der Waals surface area contributed by atoms with E-state index in [1.54, 1.807) is 0 Å². The van der Waals surface area contributed by atoms with Crippen molar-refractivity contribution in [2.24, 2.45) is 11.8 Å². The molecule has 1 aliphatic carbocycles. The largest absolute Gasteiger partial charge is 0.281 e. The third-order valence-electron chi connectivity index (χ3n) is 2.26. The van der Waals surface area contributed by atoms with Gasteiger partial charge in [0.05, 0.1) is 0 Å². The minimum absolute atomic E-state index is 0.0205. The Morgan fingerprint density at radius 3 is 2.64 bits per heavy atom. The van der Waals surface area contributed by atoms with E-state index in [-0.39, 0.29) is 17.1 Å². The number of rotatable bonds is 1. The molecule has 2 heteroatoms. The fourth-order valence-corrected chi connectivity index (χ4v) is 1.54. The zero-order chi connectivity index (χ0) is 9.97. The van der Waals surface area contributed by atoms with Crippen LogP contribution in [0.4, 0.5) is 0 Å². The lowest BCUT2D eigenvalue weighted by atomic mass is 10.2. The van der Waals surface area contributed by atoms with Gasteiger partial charge in [-0.1, -0.05) is 30.0 Å². The third-order valence-corrected chi connectivity index (χ3v) is 2.54. The fourth-order valence-electron chi connectivity index (χ4n) is 1.30. The van der Waals surface area contributed by atoms with Crippen molar-refractivity contribution in [3.8, 4) is 11.8 Å². The Balaban J connectivity index is 2.00. The van der Waals surface area contributed by atoms with Gasteiger partial charge in [-0.05, 0) is 30.2 Å². The highest BCUT2D eigenvalue weighted by Crippen LogP contribution is 2.39. The Bertz CT molecular complexity index is 399. The maximum atomic E-state index is 10.7. The zero-order valence-electron chi connectivity index (χ0n) is 7.53. The molecule has 1 fully saturated rings. The normalized spacial score (nSPS) is 23.5. The molecule has 0 bridgehead atoms. The van der Waals surface area contributed by atoms with Gasteiger partial charge in [0.2, 0.25) is 5.24 Å².